The zero-order chi connectivity index (χ0) is 13.7. The fourth-order valence-electron chi connectivity index (χ4n) is 3.17. The van der Waals surface area contributed by atoms with Crippen LogP contribution in [0, 0.1) is 11.7 Å². The second-order valence-electron chi connectivity index (χ2n) is 5.48. The van der Waals surface area contributed by atoms with Gasteiger partial charge in [0.25, 0.3) is 0 Å². The van der Waals surface area contributed by atoms with Gasteiger partial charge in [-0.3, -0.25) is 0 Å². The average Bonchev–Trinajstić information content (AvgIpc) is 2.92. The Morgan fingerprint density at radius 3 is 2.79 bits per heavy atom. The molecular formula is C16H23ClFN. The monoisotopic (exact) mass is 283 g/mol. The first kappa shape index (κ1) is 14.8. The topological polar surface area (TPSA) is 12.0 Å². The number of hydrogen-bond acceptors (Lipinski definition) is 1. The highest BCUT2D eigenvalue weighted by Gasteiger charge is 2.24. The lowest BCUT2D eigenvalue weighted by atomic mass is 9.92. The Morgan fingerprint density at radius 2 is 2.11 bits per heavy atom. The first-order chi connectivity index (χ1) is 9.20. The lowest BCUT2D eigenvalue weighted by Gasteiger charge is -2.24. The van der Waals surface area contributed by atoms with Gasteiger partial charge in [-0.25, -0.2) is 4.39 Å². The third-order valence-electron chi connectivity index (χ3n) is 4.17. The summed E-state index contributed by atoms with van der Waals surface area (Å²) in [6, 6.07) is 5.36. The summed E-state index contributed by atoms with van der Waals surface area (Å²) in [5.74, 6) is 0.633. The van der Waals surface area contributed by atoms with Gasteiger partial charge in [-0.05, 0) is 61.9 Å². The van der Waals surface area contributed by atoms with Gasteiger partial charge in [0, 0.05) is 11.1 Å². The fourth-order valence-corrected chi connectivity index (χ4v) is 3.37. The summed E-state index contributed by atoms with van der Waals surface area (Å²) in [6.07, 6.45) is 7.08. The van der Waals surface area contributed by atoms with Gasteiger partial charge in [0.05, 0.1) is 0 Å². The van der Waals surface area contributed by atoms with Crippen LogP contribution in [0.1, 0.15) is 44.6 Å². The van der Waals surface area contributed by atoms with Gasteiger partial charge in [-0.2, -0.15) is 0 Å². The van der Waals surface area contributed by atoms with E-state index in [0.29, 0.717) is 11.1 Å². The lowest BCUT2D eigenvalue weighted by Crippen LogP contribution is -2.35. The molecule has 0 heterocycles. The Morgan fingerprint density at radius 1 is 1.37 bits per heavy atom. The first-order valence-electron chi connectivity index (χ1n) is 7.38. The maximum absolute atomic E-state index is 13.7. The van der Waals surface area contributed by atoms with E-state index in [0.717, 1.165) is 30.9 Å². The number of aryl methyl sites for hydroxylation is 1. The van der Waals surface area contributed by atoms with Crippen LogP contribution in [-0.4, -0.2) is 12.6 Å². The molecule has 1 aliphatic carbocycles. The molecule has 0 saturated heterocycles. The molecule has 1 N–H and O–H groups in total. The lowest BCUT2D eigenvalue weighted by molar-refractivity contribution is 0.345. The van der Waals surface area contributed by atoms with Gasteiger partial charge in [-0.1, -0.05) is 31.4 Å². The van der Waals surface area contributed by atoms with Crippen molar-refractivity contribution in [1.29, 1.82) is 0 Å². The maximum Gasteiger partial charge on any atom is 0.126 e. The molecule has 0 radical (unpaired) electrons. The van der Waals surface area contributed by atoms with E-state index in [4.69, 9.17) is 11.6 Å². The minimum atomic E-state index is -0.133. The first-order valence-corrected chi connectivity index (χ1v) is 7.75. The molecule has 1 unspecified atom stereocenters. The molecular weight excluding hydrogens is 261 g/mol. The van der Waals surface area contributed by atoms with Gasteiger partial charge in [-0.15, -0.1) is 0 Å². The Labute approximate surface area is 120 Å². The standard InChI is InChI=1S/C16H23ClFN/c1-2-19-16(12-5-3-4-6-12)10-7-13-11-14(17)8-9-15(13)18/h8-9,11-12,16,19H,2-7,10H2,1H3. The van der Waals surface area contributed by atoms with Crippen molar-refractivity contribution in [3.63, 3.8) is 0 Å². The minimum absolute atomic E-state index is 0.133. The van der Waals surface area contributed by atoms with Gasteiger partial charge in [0.2, 0.25) is 0 Å². The van der Waals surface area contributed by atoms with E-state index in [-0.39, 0.29) is 5.82 Å². The van der Waals surface area contributed by atoms with Crippen molar-refractivity contribution < 1.29 is 4.39 Å². The van der Waals surface area contributed by atoms with E-state index in [2.05, 4.69) is 12.2 Å². The number of rotatable bonds is 6. The highest BCUT2D eigenvalue weighted by Crippen LogP contribution is 2.30. The van der Waals surface area contributed by atoms with Crippen LogP contribution in [0.2, 0.25) is 5.02 Å². The molecule has 1 aliphatic rings. The van der Waals surface area contributed by atoms with Crippen molar-refractivity contribution in [2.75, 3.05) is 6.54 Å². The number of nitrogens with one attached hydrogen (secondary N) is 1. The minimum Gasteiger partial charge on any atom is -0.314 e. The van der Waals surface area contributed by atoms with Crippen LogP contribution < -0.4 is 5.32 Å². The number of benzene rings is 1. The smallest absolute Gasteiger partial charge is 0.126 e. The zero-order valence-corrected chi connectivity index (χ0v) is 12.3. The summed E-state index contributed by atoms with van der Waals surface area (Å²) < 4.78 is 13.7. The van der Waals surface area contributed by atoms with Crippen LogP contribution in [0.4, 0.5) is 4.39 Å². The summed E-state index contributed by atoms with van der Waals surface area (Å²) in [6.45, 7) is 3.13. The molecule has 1 aromatic rings. The zero-order valence-electron chi connectivity index (χ0n) is 11.6. The molecule has 19 heavy (non-hydrogen) atoms. The molecule has 0 aromatic heterocycles. The molecule has 1 nitrogen and oxygen atoms in total. The molecule has 1 aromatic carbocycles. The van der Waals surface area contributed by atoms with E-state index in [1.54, 1.807) is 12.1 Å². The van der Waals surface area contributed by atoms with Crippen LogP contribution >= 0.6 is 11.6 Å². The molecule has 1 saturated carbocycles. The van der Waals surface area contributed by atoms with Crippen LogP contribution in [0.3, 0.4) is 0 Å². The van der Waals surface area contributed by atoms with Crippen molar-refractivity contribution in [2.24, 2.45) is 5.92 Å². The molecule has 1 fully saturated rings. The maximum atomic E-state index is 13.7. The molecule has 1 atom stereocenters. The van der Waals surface area contributed by atoms with E-state index in [1.807, 2.05) is 0 Å². The van der Waals surface area contributed by atoms with Gasteiger partial charge in [0.15, 0.2) is 0 Å². The van der Waals surface area contributed by atoms with Crippen molar-refractivity contribution >= 4 is 11.6 Å². The van der Waals surface area contributed by atoms with E-state index >= 15 is 0 Å². The summed E-state index contributed by atoms with van der Waals surface area (Å²) in [7, 11) is 0. The Bertz CT molecular complexity index is 402. The van der Waals surface area contributed by atoms with Crippen LogP contribution in [0.5, 0.6) is 0 Å². The molecule has 0 amide bonds. The molecule has 2 rings (SSSR count). The molecule has 3 heteroatoms. The largest absolute Gasteiger partial charge is 0.314 e. The quantitative estimate of drug-likeness (QED) is 0.806. The Kier molecular flexibility index (Phi) is 5.65. The Hall–Kier alpha value is -0.600. The molecule has 106 valence electrons. The molecule has 0 aliphatic heterocycles. The Balaban J connectivity index is 1.95. The van der Waals surface area contributed by atoms with Crippen molar-refractivity contribution in [2.45, 2.75) is 51.5 Å². The predicted molar refractivity (Wildman–Crippen MR) is 79.2 cm³/mol. The number of hydrogen-bond donors (Lipinski definition) is 1. The molecule has 0 bridgehead atoms. The van der Waals surface area contributed by atoms with Crippen LogP contribution in [0.15, 0.2) is 18.2 Å². The highest BCUT2D eigenvalue weighted by atomic mass is 35.5. The fraction of sp³-hybridized carbons (Fsp3) is 0.625. The summed E-state index contributed by atoms with van der Waals surface area (Å²) >= 11 is 5.94. The average molecular weight is 284 g/mol. The second-order valence-corrected chi connectivity index (χ2v) is 5.92. The van der Waals surface area contributed by atoms with E-state index < -0.39 is 0 Å². The number of halogens is 2. The van der Waals surface area contributed by atoms with Gasteiger partial charge >= 0.3 is 0 Å². The van der Waals surface area contributed by atoms with Crippen LogP contribution in [-0.2, 0) is 6.42 Å². The van der Waals surface area contributed by atoms with Crippen LogP contribution in [0.25, 0.3) is 0 Å². The van der Waals surface area contributed by atoms with E-state index in [1.165, 1.54) is 31.7 Å². The highest BCUT2D eigenvalue weighted by molar-refractivity contribution is 6.30. The summed E-state index contributed by atoms with van der Waals surface area (Å²) in [4.78, 5) is 0. The third kappa shape index (κ3) is 4.19. The summed E-state index contributed by atoms with van der Waals surface area (Å²) in [5.41, 5.74) is 0.744. The van der Waals surface area contributed by atoms with Crippen molar-refractivity contribution in [1.82, 2.24) is 5.32 Å². The normalized spacial score (nSPS) is 17.8. The SMILES string of the molecule is CCNC(CCc1cc(Cl)ccc1F)C1CCCC1. The molecule has 0 spiro atoms. The van der Waals surface area contributed by atoms with Gasteiger partial charge in [0.1, 0.15) is 5.82 Å². The van der Waals surface area contributed by atoms with E-state index in [9.17, 15) is 4.39 Å². The third-order valence-corrected chi connectivity index (χ3v) is 4.40. The van der Waals surface area contributed by atoms with Crippen molar-refractivity contribution in [3.05, 3.63) is 34.6 Å². The summed E-state index contributed by atoms with van der Waals surface area (Å²) in [5, 5.41) is 4.20. The van der Waals surface area contributed by atoms with Gasteiger partial charge < -0.3 is 5.32 Å². The van der Waals surface area contributed by atoms with Crippen molar-refractivity contribution in [3.8, 4) is 0 Å². The predicted octanol–water partition coefficient (Wildman–Crippen LogP) is 4.58. The second kappa shape index (κ2) is 7.25.